The Morgan fingerprint density at radius 2 is 1.28 bits per heavy atom. The van der Waals surface area contributed by atoms with Gasteiger partial charge in [0.2, 0.25) is 0 Å². The second-order valence-corrected chi connectivity index (χ2v) is 5.54. The van der Waals surface area contributed by atoms with Crippen molar-refractivity contribution in [1.82, 2.24) is 12.3 Å². The van der Waals surface area contributed by atoms with Crippen LogP contribution in [0.25, 0.3) is 22.1 Å². The van der Waals surface area contributed by atoms with E-state index in [1.165, 1.54) is 42.5 Å². The maximum atomic E-state index is 12.6. The van der Waals surface area contributed by atoms with Gasteiger partial charge < -0.3 is 26.9 Å². The number of ketones is 2. The fourth-order valence-corrected chi connectivity index (χ4v) is 2.52. The molecule has 29 heavy (non-hydrogen) atoms. The molecule has 1 heterocycles. The number of hydrogen-bond donors (Lipinski definition) is 4. The maximum Gasteiger partial charge on any atom is 0.377 e. The normalized spacial score (nSPS) is 9.79. The smallest absolute Gasteiger partial charge is 0.377 e. The van der Waals surface area contributed by atoms with Gasteiger partial charge in [-0.25, -0.2) is 9.59 Å². The van der Waals surface area contributed by atoms with Gasteiger partial charge in [0.05, 0.1) is 10.9 Å². The average Bonchev–Trinajstić information content (AvgIpc) is 2.67. The van der Waals surface area contributed by atoms with Crippen LogP contribution in [0.4, 0.5) is 0 Å². The van der Waals surface area contributed by atoms with Crippen LogP contribution in [0.1, 0.15) is 20.7 Å². The SMILES string of the molecule is N.N.O=C(O)C(=O)c1ccc(-c2coc3cc(C(=O)C(=O)O)ccc3c2=O)cc1. The number of rotatable bonds is 5. The highest BCUT2D eigenvalue weighted by Gasteiger charge is 2.18. The predicted molar refractivity (Wildman–Crippen MR) is 102 cm³/mol. The molecule has 0 fully saturated rings. The van der Waals surface area contributed by atoms with E-state index in [-0.39, 0.29) is 40.0 Å². The topological polar surface area (TPSA) is 209 Å². The third kappa shape index (κ3) is 4.24. The zero-order valence-corrected chi connectivity index (χ0v) is 14.9. The monoisotopic (exact) mass is 400 g/mol. The number of carboxylic acids is 2. The summed E-state index contributed by atoms with van der Waals surface area (Å²) >= 11 is 0. The van der Waals surface area contributed by atoms with E-state index in [1.807, 2.05) is 0 Å². The first-order valence-corrected chi connectivity index (χ1v) is 7.51. The molecule has 0 saturated heterocycles. The number of benzene rings is 2. The highest BCUT2D eigenvalue weighted by atomic mass is 16.4. The molecular formula is C19H16N2O8. The quantitative estimate of drug-likeness (QED) is 0.362. The number of fused-ring (bicyclic) bond motifs is 1. The number of Topliss-reactive ketones (excluding diaryl/α,β-unsaturated/α-hetero) is 2. The van der Waals surface area contributed by atoms with Gasteiger partial charge in [-0.15, -0.1) is 0 Å². The fraction of sp³-hybridized carbons (Fsp3) is 0. The van der Waals surface area contributed by atoms with Crippen molar-refractivity contribution in [2.24, 2.45) is 0 Å². The molecule has 0 bridgehead atoms. The summed E-state index contributed by atoms with van der Waals surface area (Å²) < 4.78 is 5.36. The van der Waals surface area contributed by atoms with E-state index >= 15 is 0 Å². The second-order valence-electron chi connectivity index (χ2n) is 5.54. The summed E-state index contributed by atoms with van der Waals surface area (Å²) in [5, 5.41) is 17.6. The molecule has 0 amide bonds. The summed E-state index contributed by atoms with van der Waals surface area (Å²) in [6.45, 7) is 0. The van der Waals surface area contributed by atoms with Crippen LogP contribution in [-0.4, -0.2) is 33.7 Å². The van der Waals surface area contributed by atoms with Gasteiger partial charge in [-0.2, -0.15) is 0 Å². The number of hydrogen-bond acceptors (Lipinski definition) is 8. The molecule has 8 N–H and O–H groups in total. The van der Waals surface area contributed by atoms with Crippen molar-refractivity contribution < 1.29 is 33.8 Å². The van der Waals surface area contributed by atoms with Gasteiger partial charge in [-0.3, -0.25) is 14.4 Å². The van der Waals surface area contributed by atoms with E-state index in [0.29, 0.717) is 5.56 Å². The molecule has 0 saturated carbocycles. The summed E-state index contributed by atoms with van der Waals surface area (Å²) in [4.78, 5) is 57.0. The molecule has 10 nitrogen and oxygen atoms in total. The number of aliphatic carboxylic acids is 2. The predicted octanol–water partition coefficient (Wildman–Crippen LogP) is 2.32. The molecule has 0 aliphatic carbocycles. The van der Waals surface area contributed by atoms with Crippen LogP contribution in [0.5, 0.6) is 0 Å². The van der Waals surface area contributed by atoms with Crippen molar-refractivity contribution in [3.8, 4) is 11.1 Å². The lowest BCUT2D eigenvalue weighted by Crippen LogP contribution is -2.13. The van der Waals surface area contributed by atoms with Gasteiger partial charge in [0.1, 0.15) is 11.8 Å². The Morgan fingerprint density at radius 1 is 0.759 bits per heavy atom. The number of carbonyl (C=O) groups is 4. The molecule has 0 aliphatic heterocycles. The van der Waals surface area contributed by atoms with Gasteiger partial charge in [0, 0.05) is 11.1 Å². The number of carboxylic acid groups (broad SMARTS) is 2. The van der Waals surface area contributed by atoms with Gasteiger partial charge in [0.25, 0.3) is 11.6 Å². The van der Waals surface area contributed by atoms with Crippen LogP contribution < -0.4 is 17.7 Å². The Bertz CT molecular complexity index is 1180. The van der Waals surface area contributed by atoms with Crippen molar-refractivity contribution in [1.29, 1.82) is 0 Å². The molecule has 150 valence electrons. The minimum absolute atomic E-state index is 0. The average molecular weight is 400 g/mol. The summed E-state index contributed by atoms with van der Waals surface area (Å²) in [6.07, 6.45) is 1.15. The molecule has 0 atom stereocenters. The first-order valence-electron chi connectivity index (χ1n) is 7.51. The van der Waals surface area contributed by atoms with Gasteiger partial charge in [0.15, 0.2) is 5.43 Å². The molecule has 3 aromatic rings. The fourth-order valence-electron chi connectivity index (χ4n) is 2.52. The van der Waals surface area contributed by atoms with Crippen LogP contribution in [0, 0.1) is 0 Å². The largest absolute Gasteiger partial charge is 0.475 e. The summed E-state index contributed by atoms with van der Waals surface area (Å²) in [5.74, 6) is -5.39. The Balaban J connectivity index is 0.00000210. The first-order chi connectivity index (χ1) is 12.8. The summed E-state index contributed by atoms with van der Waals surface area (Å²) in [7, 11) is 0. The lowest BCUT2D eigenvalue weighted by Gasteiger charge is -2.05. The zero-order chi connectivity index (χ0) is 19.7. The standard InChI is InChI=1S/C19H10O8.2H3N/c20-15(18(23)24)10-3-1-9(2-4-10)13-8-27-14-7-11(16(21)19(25)26)5-6-12(14)17(13)22;;/h1-8H,(H,23,24)(H,25,26);2*1H3. The van der Waals surface area contributed by atoms with Crippen molar-refractivity contribution in [2.75, 3.05) is 0 Å². The van der Waals surface area contributed by atoms with E-state index in [4.69, 9.17) is 14.6 Å². The molecule has 0 aliphatic rings. The van der Waals surface area contributed by atoms with Crippen LogP contribution in [-0.2, 0) is 9.59 Å². The molecule has 0 spiro atoms. The summed E-state index contributed by atoms with van der Waals surface area (Å²) in [6, 6.07) is 9.07. The minimum atomic E-state index is -1.62. The van der Waals surface area contributed by atoms with E-state index in [9.17, 15) is 24.0 Å². The Hall–Kier alpha value is -4.15. The molecule has 10 heteroatoms. The first kappa shape index (κ1) is 22.9. The molecule has 2 aromatic carbocycles. The van der Waals surface area contributed by atoms with E-state index < -0.39 is 28.9 Å². The molecule has 1 aromatic heterocycles. The lowest BCUT2D eigenvalue weighted by molar-refractivity contribution is -0.132. The van der Waals surface area contributed by atoms with Crippen LogP contribution in [0.2, 0.25) is 0 Å². The van der Waals surface area contributed by atoms with Gasteiger partial charge >= 0.3 is 11.9 Å². The van der Waals surface area contributed by atoms with Crippen LogP contribution in [0.3, 0.4) is 0 Å². The highest BCUT2D eigenvalue weighted by Crippen LogP contribution is 2.21. The Kier molecular flexibility index (Phi) is 6.86. The third-order valence-electron chi connectivity index (χ3n) is 3.88. The van der Waals surface area contributed by atoms with Gasteiger partial charge in [-0.05, 0) is 23.8 Å². The maximum absolute atomic E-state index is 12.6. The lowest BCUT2D eigenvalue weighted by atomic mass is 10.0. The zero-order valence-electron chi connectivity index (χ0n) is 14.9. The molecule has 0 radical (unpaired) electrons. The number of carbonyl (C=O) groups excluding carboxylic acids is 2. The van der Waals surface area contributed by atoms with Crippen molar-refractivity contribution in [3.05, 3.63) is 70.1 Å². The Morgan fingerprint density at radius 3 is 1.83 bits per heavy atom. The van der Waals surface area contributed by atoms with Gasteiger partial charge in [-0.1, -0.05) is 24.3 Å². The second kappa shape index (κ2) is 8.69. The summed E-state index contributed by atoms with van der Waals surface area (Å²) in [5.41, 5.74) is 0.0273. The van der Waals surface area contributed by atoms with E-state index in [0.717, 1.165) is 6.26 Å². The van der Waals surface area contributed by atoms with E-state index in [1.54, 1.807) is 0 Å². The van der Waals surface area contributed by atoms with Crippen molar-refractivity contribution in [3.63, 3.8) is 0 Å². The van der Waals surface area contributed by atoms with E-state index in [2.05, 4.69) is 0 Å². The van der Waals surface area contributed by atoms with Crippen LogP contribution in [0.15, 0.2) is 57.9 Å². The van der Waals surface area contributed by atoms with Crippen LogP contribution >= 0.6 is 0 Å². The third-order valence-corrected chi connectivity index (χ3v) is 3.88. The Labute approximate surface area is 162 Å². The molecular weight excluding hydrogens is 384 g/mol. The van der Waals surface area contributed by atoms with Crippen molar-refractivity contribution in [2.45, 2.75) is 0 Å². The van der Waals surface area contributed by atoms with Crippen molar-refractivity contribution >= 4 is 34.5 Å². The molecule has 0 unspecified atom stereocenters. The molecule has 3 rings (SSSR count). The highest BCUT2D eigenvalue weighted by molar-refractivity contribution is 6.40. The minimum Gasteiger partial charge on any atom is -0.475 e.